The maximum Gasteiger partial charge on any atom is 0.253 e. The lowest BCUT2D eigenvalue weighted by Gasteiger charge is -2.18. The number of amides is 1. The number of hydrogen-bond donors (Lipinski definition) is 1. The third-order valence-electron chi connectivity index (χ3n) is 3.74. The highest BCUT2D eigenvalue weighted by molar-refractivity contribution is 6.34. The summed E-state index contributed by atoms with van der Waals surface area (Å²) >= 11 is 6.17. The number of aryl methyl sites for hydroxylation is 1. The van der Waals surface area contributed by atoms with Crippen LogP contribution in [0.15, 0.2) is 18.2 Å². The molecule has 1 saturated carbocycles. The van der Waals surface area contributed by atoms with Crippen LogP contribution in [0.25, 0.3) is 0 Å². The van der Waals surface area contributed by atoms with Gasteiger partial charge >= 0.3 is 0 Å². The van der Waals surface area contributed by atoms with E-state index in [-0.39, 0.29) is 11.9 Å². The van der Waals surface area contributed by atoms with Gasteiger partial charge in [0.2, 0.25) is 0 Å². The number of rotatable bonds is 2. The highest BCUT2D eigenvalue weighted by atomic mass is 35.5. The van der Waals surface area contributed by atoms with E-state index in [0.717, 1.165) is 18.4 Å². The van der Waals surface area contributed by atoms with Crippen LogP contribution in [0.1, 0.15) is 49.0 Å². The summed E-state index contributed by atoms with van der Waals surface area (Å²) in [5, 5.41) is 3.66. The standard InChI is InChI=1S/C15H20ClNO/c1-10-5-4-6-12(13(10)16)14(18)17-11-7-8-15(2,3)9-11/h4-6,11H,7-9H2,1-3H3,(H,17,18). The van der Waals surface area contributed by atoms with Gasteiger partial charge in [0.25, 0.3) is 5.91 Å². The maximum absolute atomic E-state index is 12.2. The molecule has 2 rings (SSSR count). The Labute approximate surface area is 114 Å². The van der Waals surface area contributed by atoms with Crippen LogP contribution in [-0.2, 0) is 0 Å². The van der Waals surface area contributed by atoms with Gasteiger partial charge in [-0.2, -0.15) is 0 Å². The Hall–Kier alpha value is -1.02. The Balaban J connectivity index is 2.07. The Morgan fingerprint density at radius 1 is 1.44 bits per heavy atom. The number of nitrogens with one attached hydrogen (secondary N) is 1. The van der Waals surface area contributed by atoms with Gasteiger partial charge in [0.05, 0.1) is 10.6 Å². The van der Waals surface area contributed by atoms with Gasteiger partial charge in [-0.3, -0.25) is 4.79 Å². The van der Waals surface area contributed by atoms with E-state index in [1.807, 2.05) is 19.1 Å². The summed E-state index contributed by atoms with van der Waals surface area (Å²) in [5.74, 6) is -0.0496. The number of hydrogen-bond acceptors (Lipinski definition) is 1. The Bertz CT molecular complexity index is 468. The molecule has 1 N–H and O–H groups in total. The van der Waals surface area contributed by atoms with E-state index < -0.39 is 0 Å². The predicted octanol–water partition coefficient (Wildman–Crippen LogP) is 3.96. The lowest BCUT2D eigenvalue weighted by Crippen LogP contribution is -2.33. The lowest BCUT2D eigenvalue weighted by atomic mass is 9.92. The maximum atomic E-state index is 12.2. The first-order valence-electron chi connectivity index (χ1n) is 6.45. The molecule has 0 aromatic heterocycles. The average Bonchev–Trinajstić information content (AvgIpc) is 2.62. The van der Waals surface area contributed by atoms with Crippen LogP contribution in [0.3, 0.4) is 0 Å². The monoisotopic (exact) mass is 265 g/mol. The molecule has 0 radical (unpaired) electrons. The van der Waals surface area contributed by atoms with Gasteiger partial charge in [-0.1, -0.05) is 37.6 Å². The molecule has 98 valence electrons. The van der Waals surface area contributed by atoms with Gasteiger partial charge in [0.1, 0.15) is 0 Å². The fraction of sp³-hybridized carbons (Fsp3) is 0.533. The molecule has 0 saturated heterocycles. The molecule has 1 fully saturated rings. The van der Waals surface area contributed by atoms with E-state index >= 15 is 0 Å². The molecule has 0 heterocycles. The molecule has 1 aromatic carbocycles. The summed E-state index contributed by atoms with van der Waals surface area (Å²) in [7, 11) is 0. The first kappa shape index (κ1) is 13.4. The first-order valence-corrected chi connectivity index (χ1v) is 6.83. The minimum atomic E-state index is -0.0496. The summed E-state index contributed by atoms with van der Waals surface area (Å²) in [5.41, 5.74) is 1.87. The van der Waals surface area contributed by atoms with Gasteiger partial charge in [-0.05, 0) is 43.2 Å². The van der Waals surface area contributed by atoms with Crippen LogP contribution in [0, 0.1) is 12.3 Å². The van der Waals surface area contributed by atoms with Gasteiger partial charge < -0.3 is 5.32 Å². The van der Waals surface area contributed by atoms with E-state index in [0.29, 0.717) is 16.0 Å². The molecular formula is C15H20ClNO. The van der Waals surface area contributed by atoms with Gasteiger partial charge in [0.15, 0.2) is 0 Å². The molecule has 0 bridgehead atoms. The quantitative estimate of drug-likeness (QED) is 0.862. The molecule has 3 heteroatoms. The van der Waals surface area contributed by atoms with Crippen LogP contribution < -0.4 is 5.32 Å². The molecule has 1 unspecified atom stereocenters. The third kappa shape index (κ3) is 2.86. The van der Waals surface area contributed by atoms with Crippen molar-refractivity contribution >= 4 is 17.5 Å². The predicted molar refractivity (Wildman–Crippen MR) is 75.1 cm³/mol. The minimum Gasteiger partial charge on any atom is -0.349 e. The molecule has 1 amide bonds. The Morgan fingerprint density at radius 3 is 2.78 bits per heavy atom. The second-order valence-corrected chi connectivity index (χ2v) is 6.39. The molecule has 1 aliphatic rings. The molecule has 0 spiro atoms. The zero-order chi connectivity index (χ0) is 13.3. The van der Waals surface area contributed by atoms with Crippen molar-refractivity contribution in [3.8, 4) is 0 Å². The first-order chi connectivity index (χ1) is 8.39. The second-order valence-electron chi connectivity index (χ2n) is 6.01. The molecule has 0 aliphatic heterocycles. The van der Waals surface area contributed by atoms with Crippen LogP contribution in [0.2, 0.25) is 5.02 Å². The van der Waals surface area contributed by atoms with E-state index in [2.05, 4.69) is 19.2 Å². The lowest BCUT2D eigenvalue weighted by molar-refractivity contribution is 0.0936. The normalized spacial score (nSPS) is 21.9. The topological polar surface area (TPSA) is 29.1 Å². The highest BCUT2D eigenvalue weighted by Gasteiger charge is 2.32. The second kappa shape index (κ2) is 4.93. The van der Waals surface area contributed by atoms with E-state index in [1.54, 1.807) is 6.07 Å². The van der Waals surface area contributed by atoms with Gasteiger partial charge in [0, 0.05) is 6.04 Å². The summed E-state index contributed by atoms with van der Waals surface area (Å²) < 4.78 is 0. The fourth-order valence-electron chi connectivity index (χ4n) is 2.65. The van der Waals surface area contributed by atoms with Crippen molar-refractivity contribution in [1.29, 1.82) is 0 Å². The van der Waals surface area contributed by atoms with E-state index in [4.69, 9.17) is 11.6 Å². The van der Waals surface area contributed by atoms with Crippen LogP contribution in [-0.4, -0.2) is 11.9 Å². The van der Waals surface area contributed by atoms with E-state index in [1.165, 1.54) is 6.42 Å². The summed E-state index contributed by atoms with van der Waals surface area (Å²) in [6.07, 6.45) is 3.27. The van der Waals surface area contributed by atoms with Gasteiger partial charge in [-0.15, -0.1) is 0 Å². The number of carbonyl (C=O) groups is 1. The van der Waals surface area contributed by atoms with Crippen molar-refractivity contribution in [3.63, 3.8) is 0 Å². The fourth-order valence-corrected chi connectivity index (χ4v) is 2.86. The average molecular weight is 266 g/mol. The summed E-state index contributed by atoms with van der Waals surface area (Å²) in [4.78, 5) is 12.2. The van der Waals surface area contributed by atoms with Crippen molar-refractivity contribution in [2.24, 2.45) is 5.41 Å². The molecule has 1 atom stereocenters. The molecule has 1 aliphatic carbocycles. The Kier molecular flexibility index (Phi) is 3.67. The summed E-state index contributed by atoms with van der Waals surface area (Å²) in [6, 6.07) is 5.85. The van der Waals surface area contributed by atoms with Gasteiger partial charge in [-0.25, -0.2) is 0 Å². The van der Waals surface area contributed by atoms with Crippen molar-refractivity contribution in [1.82, 2.24) is 5.32 Å². The highest BCUT2D eigenvalue weighted by Crippen LogP contribution is 2.37. The largest absolute Gasteiger partial charge is 0.349 e. The number of carbonyl (C=O) groups excluding carboxylic acids is 1. The molecule has 2 nitrogen and oxygen atoms in total. The minimum absolute atomic E-state index is 0.0496. The Morgan fingerprint density at radius 2 is 2.17 bits per heavy atom. The zero-order valence-corrected chi connectivity index (χ0v) is 12.0. The van der Waals surface area contributed by atoms with Crippen molar-refractivity contribution in [2.45, 2.75) is 46.1 Å². The van der Waals surface area contributed by atoms with Crippen LogP contribution >= 0.6 is 11.6 Å². The number of halogens is 1. The van der Waals surface area contributed by atoms with E-state index in [9.17, 15) is 4.79 Å². The van der Waals surface area contributed by atoms with Crippen molar-refractivity contribution in [2.75, 3.05) is 0 Å². The number of benzene rings is 1. The molecule has 18 heavy (non-hydrogen) atoms. The van der Waals surface area contributed by atoms with Crippen LogP contribution in [0.5, 0.6) is 0 Å². The molecule has 1 aromatic rings. The van der Waals surface area contributed by atoms with Crippen molar-refractivity contribution < 1.29 is 4.79 Å². The zero-order valence-electron chi connectivity index (χ0n) is 11.2. The van der Waals surface area contributed by atoms with Crippen molar-refractivity contribution in [3.05, 3.63) is 34.3 Å². The molecular weight excluding hydrogens is 246 g/mol. The SMILES string of the molecule is Cc1cccc(C(=O)NC2CCC(C)(C)C2)c1Cl. The summed E-state index contributed by atoms with van der Waals surface area (Å²) in [6.45, 7) is 6.41. The van der Waals surface area contributed by atoms with Crippen LogP contribution in [0.4, 0.5) is 0 Å². The smallest absolute Gasteiger partial charge is 0.253 e. The third-order valence-corrected chi connectivity index (χ3v) is 4.24.